The van der Waals surface area contributed by atoms with Crippen molar-refractivity contribution in [1.29, 1.82) is 0 Å². The van der Waals surface area contributed by atoms with Crippen molar-refractivity contribution in [2.24, 2.45) is 0 Å². The van der Waals surface area contributed by atoms with Crippen molar-refractivity contribution in [3.8, 4) is 0 Å². The Kier molecular flexibility index (Phi) is 3.69. The number of amides is 1. The van der Waals surface area contributed by atoms with Gasteiger partial charge in [0.2, 0.25) is 5.91 Å². The molecular weight excluding hydrogens is 260 g/mol. The van der Waals surface area contributed by atoms with Crippen molar-refractivity contribution in [2.45, 2.75) is 0 Å². The van der Waals surface area contributed by atoms with Crippen LogP contribution in [0.25, 0.3) is 0 Å². The zero-order valence-corrected chi connectivity index (χ0v) is 8.82. The van der Waals surface area contributed by atoms with Gasteiger partial charge in [-0.15, -0.1) is 0 Å². The molecule has 1 aromatic carbocycles. The van der Waals surface area contributed by atoms with E-state index in [0.717, 1.165) is 0 Å². The fourth-order valence-electron chi connectivity index (χ4n) is 0.768. The maximum absolute atomic E-state index is 12.7. The van der Waals surface area contributed by atoms with E-state index in [2.05, 4.69) is 21.2 Å². The highest BCUT2D eigenvalue weighted by molar-refractivity contribution is 9.09. The molecule has 1 rings (SSSR count). The zero-order valence-electron chi connectivity index (χ0n) is 6.48. The third-order valence-corrected chi connectivity index (χ3v) is 2.12. The Bertz CT molecular complexity index is 332. The van der Waals surface area contributed by atoms with Crippen molar-refractivity contribution < 1.29 is 9.18 Å². The normalized spacial score (nSPS) is 9.77. The summed E-state index contributed by atoms with van der Waals surface area (Å²) in [5.41, 5.74) is 0.482. The standard InChI is InChI=1S/C8H6BrClFNO/c9-4-8(13)12-5-1-2-7(11)6(10)3-5/h1-3H,4H2,(H,12,13). The van der Waals surface area contributed by atoms with Crippen LogP contribution in [-0.2, 0) is 4.79 Å². The van der Waals surface area contributed by atoms with E-state index in [0.29, 0.717) is 5.69 Å². The lowest BCUT2D eigenvalue weighted by atomic mass is 10.3. The lowest BCUT2D eigenvalue weighted by molar-refractivity contribution is -0.113. The van der Waals surface area contributed by atoms with Crippen molar-refractivity contribution in [1.82, 2.24) is 0 Å². The number of nitrogens with one attached hydrogen (secondary N) is 1. The van der Waals surface area contributed by atoms with Crippen molar-refractivity contribution in [3.63, 3.8) is 0 Å². The molecular formula is C8H6BrClFNO. The molecule has 0 heterocycles. The van der Waals surface area contributed by atoms with E-state index >= 15 is 0 Å². The first-order valence-corrected chi connectivity index (χ1v) is 4.94. The number of anilines is 1. The molecule has 2 nitrogen and oxygen atoms in total. The van der Waals surface area contributed by atoms with E-state index in [1.54, 1.807) is 0 Å². The quantitative estimate of drug-likeness (QED) is 0.820. The highest BCUT2D eigenvalue weighted by Gasteiger charge is 2.03. The molecule has 0 bridgehead atoms. The van der Waals surface area contributed by atoms with Gasteiger partial charge >= 0.3 is 0 Å². The van der Waals surface area contributed by atoms with Crippen molar-refractivity contribution >= 4 is 39.1 Å². The summed E-state index contributed by atoms with van der Waals surface area (Å²) in [4.78, 5) is 10.9. The maximum Gasteiger partial charge on any atom is 0.235 e. The Balaban J connectivity index is 2.79. The van der Waals surface area contributed by atoms with Gasteiger partial charge in [-0.3, -0.25) is 4.79 Å². The smallest absolute Gasteiger partial charge is 0.235 e. The Morgan fingerprint density at radius 1 is 1.62 bits per heavy atom. The second-order valence-electron chi connectivity index (χ2n) is 2.31. The van der Waals surface area contributed by atoms with Gasteiger partial charge < -0.3 is 5.32 Å². The van der Waals surface area contributed by atoms with Crippen LogP contribution >= 0.6 is 27.5 Å². The van der Waals surface area contributed by atoms with Gasteiger partial charge in [-0.2, -0.15) is 0 Å². The summed E-state index contributed by atoms with van der Waals surface area (Å²) in [6, 6.07) is 4.01. The minimum atomic E-state index is -0.501. The largest absolute Gasteiger partial charge is 0.325 e. The van der Waals surface area contributed by atoms with Crippen LogP contribution in [-0.4, -0.2) is 11.2 Å². The fourth-order valence-corrected chi connectivity index (χ4v) is 1.09. The van der Waals surface area contributed by atoms with Crippen LogP contribution in [0.5, 0.6) is 0 Å². The average Bonchev–Trinajstić information content (AvgIpc) is 2.11. The first-order valence-electron chi connectivity index (χ1n) is 3.44. The highest BCUT2D eigenvalue weighted by atomic mass is 79.9. The summed E-state index contributed by atoms with van der Waals surface area (Å²) in [6.07, 6.45) is 0. The Morgan fingerprint density at radius 3 is 2.85 bits per heavy atom. The number of halogens is 3. The van der Waals surface area contributed by atoms with Crippen LogP contribution in [0.15, 0.2) is 18.2 Å². The summed E-state index contributed by atoms with van der Waals surface area (Å²) in [6.45, 7) is 0. The Labute approximate surface area is 88.2 Å². The first-order chi connectivity index (χ1) is 6.13. The molecule has 0 spiro atoms. The van der Waals surface area contributed by atoms with Crippen LogP contribution in [0, 0.1) is 5.82 Å². The highest BCUT2D eigenvalue weighted by Crippen LogP contribution is 2.19. The molecule has 0 aromatic heterocycles. The lowest BCUT2D eigenvalue weighted by Gasteiger charge is -2.03. The topological polar surface area (TPSA) is 29.1 Å². The predicted octanol–water partition coefficient (Wildman–Crippen LogP) is 2.81. The molecule has 13 heavy (non-hydrogen) atoms. The summed E-state index contributed by atoms with van der Waals surface area (Å²) in [7, 11) is 0. The lowest BCUT2D eigenvalue weighted by Crippen LogP contribution is -2.12. The number of hydrogen-bond acceptors (Lipinski definition) is 1. The third kappa shape index (κ3) is 2.97. The molecule has 70 valence electrons. The van der Waals surface area contributed by atoms with E-state index < -0.39 is 5.82 Å². The Morgan fingerprint density at radius 2 is 2.31 bits per heavy atom. The molecule has 0 saturated heterocycles. The molecule has 0 aliphatic heterocycles. The number of alkyl halides is 1. The minimum Gasteiger partial charge on any atom is -0.325 e. The van der Waals surface area contributed by atoms with Crippen LogP contribution in [0.3, 0.4) is 0 Å². The number of benzene rings is 1. The summed E-state index contributed by atoms with van der Waals surface area (Å²) >= 11 is 8.49. The van der Waals surface area contributed by atoms with Gasteiger partial charge in [0.1, 0.15) is 5.82 Å². The number of carbonyl (C=O) groups is 1. The van der Waals surface area contributed by atoms with Gasteiger partial charge in [0.05, 0.1) is 10.4 Å². The molecule has 5 heteroatoms. The number of hydrogen-bond donors (Lipinski definition) is 1. The monoisotopic (exact) mass is 265 g/mol. The van der Waals surface area contributed by atoms with Crippen LogP contribution in [0.2, 0.25) is 5.02 Å². The van der Waals surface area contributed by atoms with Crippen LogP contribution in [0.4, 0.5) is 10.1 Å². The molecule has 0 aliphatic carbocycles. The molecule has 1 aromatic rings. The van der Waals surface area contributed by atoms with E-state index in [-0.39, 0.29) is 16.3 Å². The van der Waals surface area contributed by atoms with Crippen LogP contribution in [0.1, 0.15) is 0 Å². The van der Waals surface area contributed by atoms with Gasteiger partial charge in [-0.1, -0.05) is 27.5 Å². The average molecular weight is 266 g/mol. The van der Waals surface area contributed by atoms with Gasteiger partial charge in [0.15, 0.2) is 0 Å². The van der Waals surface area contributed by atoms with Crippen LogP contribution < -0.4 is 5.32 Å². The summed E-state index contributed by atoms with van der Waals surface area (Å²) in [5.74, 6) is -0.707. The summed E-state index contributed by atoms with van der Waals surface area (Å²) < 4.78 is 12.7. The van der Waals surface area contributed by atoms with E-state index in [1.807, 2.05) is 0 Å². The molecule has 0 atom stereocenters. The second-order valence-corrected chi connectivity index (χ2v) is 3.28. The number of carbonyl (C=O) groups excluding carboxylic acids is 1. The fraction of sp³-hybridized carbons (Fsp3) is 0.125. The maximum atomic E-state index is 12.7. The van der Waals surface area contributed by atoms with E-state index in [1.165, 1.54) is 18.2 Å². The molecule has 0 unspecified atom stereocenters. The van der Waals surface area contributed by atoms with E-state index in [4.69, 9.17) is 11.6 Å². The first kappa shape index (κ1) is 10.5. The molecule has 1 N–H and O–H groups in total. The number of rotatable bonds is 2. The molecule has 0 fully saturated rings. The van der Waals surface area contributed by atoms with Gasteiger partial charge in [-0.05, 0) is 18.2 Å². The SMILES string of the molecule is O=C(CBr)Nc1ccc(F)c(Cl)c1. The summed E-state index contributed by atoms with van der Waals surface area (Å²) in [5, 5.41) is 2.71. The zero-order chi connectivity index (χ0) is 9.84. The predicted molar refractivity (Wildman–Crippen MR) is 53.8 cm³/mol. The van der Waals surface area contributed by atoms with E-state index in [9.17, 15) is 9.18 Å². The van der Waals surface area contributed by atoms with Gasteiger partial charge in [-0.25, -0.2) is 4.39 Å². The molecule has 0 saturated carbocycles. The second kappa shape index (κ2) is 4.58. The minimum absolute atomic E-state index is 0.00706. The molecule has 0 aliphatic rings. The Hall–Kier alpha value is -0.610. The third-order valence-electron chi connectivity index (χ3n) is 1.32. The van der Waals surface area contributed by atoms with Crippen molar-refractivity contribution in [3.05, 3.63) is 29.0 Å². The molecule has 0 radical (unpaired) electrons. The van der Waals surface area contributed by atoms with Gasteiger partial charge in [0, 0.05) is 5.69 Å². The molecule has 1 amide bonds. The van der Waals surface area contributed by atoms with Crippen molar-refractivity contribution in [2.75, 3.05) is 10.6 Å². The van der Waals surface area contributed by atoms with Gasteiger partial charge in [0.25, 0.3) is 0 Å².